The minimum Gasteiger partial charge on any atom is -0.422 e. The summed E-state index contributed by atoms with van der Waals surface area (Å²) in [4.78, 5) is 7.98. The van der Waals surface area contributed by atoms with Crippen molar-refractivity contribution in [2.24, 2.45) is 0 Å². The topological polar surface area (TPSA) is 38.7 Å². The summed E-state index contributed by atoms with van der Waals surface area (Å²) in [5, 5.41) is 9.20. The number of halogens is 3. The van der Waals surface area contributed by atoms with Crippen molar-refractivity contribution in [3.8, 4) is 0 Å². The van der Waals surface area contributed by atoms with Gasteiger partial charge in [-0.1, -0.05) is 30.3 Å². The predicted molar refractivity (Wildman–Crippen MR) is 47.1 cm³/mol. The van der Waals surface area contributed by atoms with E-state index in [9.17, 15) is 18.2 Å². The first-order chi connectivity index (χ1) is 6.99. The number of alkyl halides is 3. The van der Waals surface area contributed by atoms with Crippen molar-refractivity contribution in [1.29, 1.82) is 0 Å². The molecule has 0 saturated carbocycles. The van der Waals surface area contributed by atoms with Crippen LogP contribution in [0.2, 0.25) is 0 Å². The van der Waals surface area contributed by atoms with Crippen LogP contribution < -0.4 is 5.46 Å². The van der Waals surface area contributed by atoms with Gasteiger partial charge in [0.2, 0.25) is 0 Å². The summed E-state index contributed by atoms with van der Waals surface area (Å²) in [5.41, 5.74) is 0.319. The van der Waals surface area contributed by atoms with E-state index >= 15 is 0 Å². The van der Waals surface area contributed by atoms with Crippen molar-refractivity contribution in [1.82, 2.24) is 0 Å². The lowest BCUT2D eigenvalue weighted by Crippen LogP contribution is -2.34. The van der Waals surface area contributed by atoms with Crippen LogP contribution in [0.1, 0.15) is 0 Å². The van der Waals surface area contributed by atoms with E-state index < -0.39 is 19.9 Å². The predicted octanol–water partition coefficient (Wildman–Crippen LogP) is 0.885. The summed E-state index contributed by atoms with van der Waals surface area (Å²) in [6.07, 6.45) is -4.48. The Balaban J connectivity index is 2.34. The van der Waals surface area contributed by atoms with Gasteiger partial charge in [0, 0.05) is 0 Å². The molecule has 7 heteroatoms. The van der Waals surface area contributed by atoms with Crippen LogP contribution >= 0.6 is 0 Å². The van der Waals surface area contributed by atoms with Gasteiger partial charge < -0.3 is 5.02 Å². The number of hydrogen-bond acceptors (Lipinski definition) is 3. The first kappa shape index (κ1) is 12.0. The summed E-state index contributed by atoms with van der Waals surface area (Å²) >= 11 is 0. The van der Waals surface area contributed by atoms with E-state index in [4.69, 9.17) is 0 Å². The average Bonchev–Trinajstić information content (AvgIpc) is 2.17. The average molecular weight is 220 g/mol. The highest BCUT2D eigenvalue weighted by molar-refractivity contribution is 6.59. The number of hydrogen-bond donors (Lipinski definition) is 1. The highest BCUT2D eigenvalue weighted by Gasteiger charge is 2.29. The lowest BCUT2D eigenvalue weighted by Gasteiger charge is -2.09. The fourth-order valence-electron chi connectivity index (χ4n) is 0.839. The van der Waals surface area contributed by atoms with Gasteiger partial charge in [0.15, 0.2) is 6.61 Å². The van der Waals surface area contributed by atoms with Gasteiger partial charge in [-0.3, -0.25) is 4.81 Å². The van der Waals surface area contributed by atoms with Gasteiger partial charge in [-0.2, -0.15) is 13.2 Å². The molecular weight excluding hydrogens is 212 g/mol. The van der Waals surface area contributed by atoms with Crippen LogP contribution in [0, 0.1) is 0 Å². The lowest BCUT2D eigenvalue weighted by atomic mass is 9.80. The maximum atomic E-state index is 11.6. The first-order valence-electron chi connectivity index (χ1n) is 4.07. The van der Waals surface area contributed by atoms with E-state index in [0.717, 1.165) is 0 Å². The van der Waals surface area contributed by atoms with Crippen LogP contribution in [0.25, 0.3) is 0 Å². The van der Waals surface area contributed by atoms with Crippen LogP contribution in [0.4, 0.5) is 13.2 Å². The van der Waals surface area contributed by atoms with Gasteiger partial charge in [-0.05, 0) is 5.46 Å². The monoisotopic (exact) mass is 220 g/mol. The Labute approximate surface area is 84.5 Å². The molecule has 1 N–H and O–H groups in total. The molecule has 0 amide bonds. The molecule has 82 valence electrons. The molecule has 0 spiro atoms. The second-order valence-corrected chi connectivity index (χ2v) is 2.74. The molecule has 0 fully saturated rings. The largest absolute Gasteiger partial charge is 0.523 e. The summed E-state index contributed by atoms with van der Waals surface area (Å²) in [6, 6.07) is 7.94. The number of rotatable bonds is 4. The zero-order valence-electron chi connectivity index (χ0n) is 7.57. The smallest absolute Gasteiger partial charge is 0.422 e. The fourth-order valence-corrected chi connectivity index (χ4v) is 0.839. The molecule has 3 nitrogen and oxygen atoms in total. The number of benzene rings is 1. The molecule has 0 unspecified atom stereocenters. The molecular formula is C8H8BF3O3. The summed E-state index contributed by atoms with van der Waals surface area (Å²) in [7, 11) is -1.52. The van der Waals surface area contributed by atoms with E-state index in [-0.39, 0.29) is 0 Å². The van der Waals surface area contributed by atoms with Gasteiger partial charge in [0.05, 0.1) is 0 Å². The summed E-state index contributed by atoms with van der Waals surface area (Å²) < 4.78 is 34.9. The summed E-state index contributed by atoms with van der Waals surface area (Å²) in [5.74, 6) is 0. The Hall–Kier alpha value is -1.05. The summed E-state index contributed by atoms with van der Waals surface area (Å²) in [6.45, 7) is -1.56. The maximum Gasteiger partial charge on any atom is 0.523 e. The van der Waals surface area contributed by atoms with E-state index in [0.29, 0.717) is 5.46 Å². The van der Waals surface area contributed by atoms with Crippen LogP contribution in [0.3, 0.4) is 0 Å². The third-order valence-electron chi connectivity index (χ3n) is 1.47. The molecule has 1 aromatic carbocycles. The van der Waals surface area contributed by atoms with Gasteiger partial charge in [0.1, 0.15) is 0 Å². The second kappa shape index (κ2) is 5.15. The van der Waals surface area contributed by atoms with Crippen molar-refractivity contribution < 1.29 is 27.9 Å². The molecule has 1 aromatic rings. The van der Waals surface area contributed by atoms with Crippen molar-refractivity contribution in [3.05, 3.63) is 30.3 Å². The van der Waals surface area contributed by atoms with E-state index in [2.05, 4.69) is 9.69 Å². The molecule has 1 rings (SSSR count). The second-order valence-electron chi connectivity index (χ2n) is 2.74. The minimum absolute atomic E-state index is 0.319. The van der Waals surface area contributed by atoms with Crippen molar-refractivity contribution >= 4 is 12.6 Å². The third-order valence-corrected chi connectivity index (χ3v) is 1.47. The van der Waals surface area contributed by atoms with Gasteiger partial charge in [-0.25, -0.2) is 4.89 Å². The Kier molecular flexibility index (Phi) is 4.13. The maximum absolute atomic E-state index is 11.6. The zero-order chi connectivity index (χ0) is 11.3. The molecule has 15 heavy (non-hydrogen) atoms. The standard InChI is InChI=1S/C8H8BF3O3/c10-8(11,12)6-14-15-9(13)7-4-2-1-3-5-7/h1-5,13H,6H2. The normalized spacial score (nSPS) is 11.5. The third kappa shape index (κ3) is 4.82. The Morgan fingerprint density at radius 1 is 1.20 bits per heavy atom. The van der Waals surface area contributed by atoms with E-state index in [1.54, 1.807) is 18.2 Å². The molecule has 0 bridgehead atoms. The minimum atomic E-state index is -4.48. The zero-order valence-corrected chi connectivity index (χ0v) is 7.57. The van der Waals surface area contributed by atoms with Gasteiger partial charge >= 0.3 is 13.3 Å². The molecule has 0 aromatic heterocycles. The Morgan fingerprint density at radius 2 is 1.80 bits per heavy atom. The van der Waals surface area contributed by atoms with Crippen LogP contribution in [0.15, 0.2) is 30.3 Å². The van der Waals surface area contributed by atoms with Crippen molar-refractivity contribution in [2.45, 2.75) is 6.18 Å². The van der Waals surface area contributed by atoms with E-state index in [1.807, 2.05) is 0 Å². The molecule has 0 aliphatic carbocycles. The Bertz CT molecular complexity index is 291. The fraction of sp³-hybridized carbons (Fsp3) is 0.250. The van der Waals surface area contributed by atoms with Crippen LogP contribution in [-0.4, -0.2) is 24.9 Å². The molecule has 0 aliphatic rings. The molecule has 0 saturated heterocycles. The molecule has 0 aliphatic heterocycles. The quantitative estimate of drug-likeness (QED) is 0.465. The highest BCUT2D eigenvalue weighted by Crippen LogP contribution is 2.14. The molecule has 0 heterocycles. The van der Waals surface area contributed by atoms with Gasteiger partial charge in [-0.15, -0.1) is 0 Å². The van der Waals surface area contributed by atoms with Crippen LogP contribution in [-0.2, 0) is 9.69 Å². The molecule has 0 radical (unpaired) electrons. The van der Waals surface area contributed by atoms with Crippen LogP contribution in [0.5, 0.6) is 0 Å². The van der Waals surface area contributed by atoms with E-state index in [1.165, 1.54) is 12.1 Å². The highest BCUT2D eigenvalue weighted by atomic mass is 19.4. The Morgan fingerprint density at radius 3 is 2.33 bits per heavy atom. The SMILES string of the molecule is OB(OOCC(F)(F)F)c1ccccc1. The van der Waals surface area contributed by atoms with Gasteiger partial charge in [0.25, 0.3) is 0 Å². The molecule has 0 atom stereocenters. The first-order valence-corrected chi connectivity index (χ1v) is 4.07. The van der Waals surface area contributed by atoms with Crippen molar-refractivity contribution in [3.63, 3.8) is 0 Å². The lowest BCUT2D eigenvalue weighted by molar-refractivity contribution is -0.291. The van der Waals surface area contributed by atoms with Crippen molar-refractivity contribution in [2.75, 3.05) is 6.61 Å².